The van der Waals surface area contributed by atoms with Crippen molar-refractivity contribution < 1.29 is 9.59 Å². The molecule has 2 heterocycles. The molecule has 1 aliphatic heterocycles. The van der Waals surface area contributed by atoms with Crippen molar-refractivity contribution >= 4 is 34.0 Å². The van der Waals surface area contributed by atoms with E-state index in [4.69, 9.17) is 0 Å². The summed E-state index contributed by atoms with van der Waals surface area (Å²) in [5.41, 5.74) is 3.74. The second-order valence-corrected chi connectivity index (χ2v) is 5.67. The van der Waals surface area contributed by atoms with Crippen LogP contribution in [-0.4, -0.2) is 27.6 Å². The van der Waals surface area contributed by atoms with Gasteiger partial charge in [-0.05, 0) is 23.8 Å². The van der Waals surface area contributed by atoms with Crippen LogP contribution in [0.3, 0.4) is 0 Å². The Morgan fingerprint density at radius 3 is 2.83 bits per heavy atom. The molecular weight excluding hydrogens is 304 g/mol. The predicted octanol–water partition coefficient (Wildman–Crippen LogP) is 2.91. The molecule has 1 N–H and O–H groups in total. The van der Waals surface area contributed by atoms with Crippen LogP contribution in [0.4, 0.5) is 5.69 Å². The number of nitrogens with one attached hydrogen (secondary N) is 1. The molecule has 0 spiro atoms. The van der Waals surface area contributed by atoms with Crippen LogP contribution in [0.5, 0.6) is 0 Å². The van der Waals surface area contributed by atoms with Gasteiger partial charge in [0.05, 0.1) is 23.8 Å². The zero-order chi connectivity index (χ0) is 16.7. The van der Waals surface area contributed by atoms with Crippen LogP contribution in [0.15, 0.2) is 53.8 Å². The molecule has 0 saturated carbocycles. The number of aromatic amines is 1. The Balaban J connectivity index is 1.83. The molecule has 0 atom stereocenters. The van der Waals surface area contributed by atoms with E-state index in [2.05, 4.69) is 15.3 Å². The number of hydrazone groups is 1. The first-order chi connectivity index (χ1) is 11.6. The van der Waals surface area contributed by atoms with Crippen LogP contribution in [0.1, 0.15) is 13.3 Å². The summed E-state index contributed by atoms with van der Waals surface area (Å²) in [4.78, 5) is 23.8. The molecule has 0 saturated heterocycles. The number of ketones is 1. The lowest BCUT2D eigenvalue weighted by Gasteiger charge is -2.16. The van der Waals surface area contributed by atoms with Gasteiger partial charge in [0.25, 0.3) is 5.91 Å². The Morgan fingerprint density at radius 2 is 2.04 bits per heavy atom. The van der Waals surface area contributed by atoms with Crippen LogP contribution in [0.25, 0.3) is 22.0 Å². The van der Waals surface area contributed by atoms with Gasteiger partial charge in [0.15, 0.2) is 5.78 Å². The number of hydrogen-bond acceptors (Lipinski definition) is 4. The number of H-pyrrole nitrogens is 1. The summed E-state index contributed by atoms with van der Waals surface area (Å²) in [5.74, 6) is -0.375. The van der Waals surface area contributed by atoms with Crippen LogP contribution in [0.2, 0.25) is 0 Å². The highest BCUT2D eigenvalue weighted by Crippen LogP contribution is 2.34. The lowest BCUT2D eigenvalue weighted by molar-refractivity contribution is -0.117. The summed E-state index contributed by atoms with van der Waals surface area (Å²) in [6, 6.07) is 13.5. The molecule has 0 bridgehead atoms. The Bertz CT molecular complexity index is 1000. The van der Waals surface area contributed by atoms with E-state index < -0.39 is 0 Å². The number of rotatable bonds is 3. The predicted molar refractivity (Wildman–Crippen MR) is 91.7 cm³/mol. The summed E-state index contributed by atoms with van der Waals surface area (Å²) in [7, 11) is 0. The minimum absolute atomic E-state index is 0.0461. The maximum atomic E-state index is 12.3. The lowest BCUT2D eigenvalue weighted by Crippen LogP contribution is -2.20. The van der Waals surface area contributed by atoms with Crippen molar-refractivity contribution in [3.05, 3.63) is 48.7 Å². The molecule has 1 amide bonds. The number of nitrogens with zero attached hydrogens (tertiary/aromatic N) is 3. The van der Waals surface area contributed by atoms with Gasteiger partial charge in [-0.2, -0.15) is 15.2 Å². The van der Waals surface area contributed by atoms with Gasteiger partial charge in [-0.3, -0.25) is 14.7 Å². The number of Topliss-reactive ketones (excluding diaryl/α,β-unsaturated/α-hetero) is 1. The molecule has 118 valence electrons. The molecule has 0 radical (unpaired) electrons. The quantitative estimate of drug-likeness (QED) is 0.806. The zero-order valence-electron chi connectivity index (χ0n) is 13.0. The fourth-order valence-electron chi connectivity index (χ4n) is 2.83. The second-order valence-electron chi connectivity index (χ2n) is 5.67. The first-order valence-electron chi connectivity index (χ1n) is 7.57. The molecule has 6 heteroatoms. The fourth-order valence-corrected chi connectivity index (χ4v) is 2.83. The molecule has 1 aliphatic rings. The normalized spacial score (nSPS) is 14.3. The number of anilines is 1. The van der Waals surface area contributed by atoms with Gasteiger partial charge in [0, 0.05) is 17.9 Å². The van der Waals surface area contributed by atoms with Gasteiger partial charge in [0.2, 0.25) is 0 Å². The zero-order valence-corrected chi connectivity index (χ0v) is 13.0. The number of aromatic nitrogens is 2. The summed E-state index contributed by atoms with van der Waals surface area (Å²) in [6.07, 6.45) is 1.80. The number of benzene rings is 2. The largest absolute Gasteiger partial charge is 0.293 e. The Morgan fingerprint density at radius 1 is 1.21 bits per heavy atom. The minimum atomic E-state index is -0.197. The van der Waals surface area contributed by atoms with E-state index in [1.54, 1.807) is 6.20 Å². The number of amides is 1. The first-order valence-corrected chi connectivity index (χ1v) is 7.57. The van der Waals surface area contributed by atoms with Gasteiger partial charge in [-0.25, -0.2) is 0 Å². The van der Waals surface area contributed by atoms with Gasteiger partial charge in [-0.15, -0.1) is 0 Å². The number of para-hydroxylation sites is 1. The Hall–Kier alpha value is -3.28. The average molecular weight is 318 g/mol. The van der Waals surface area contributed by atoms with Crippen LogP contribution >= 0.6 is 0 Å². The maximum Gasteiger partial charge on any atom is 0.253 e. The third-order valence-corrected chi connectivity index (χ3v) is 4.07. The third-order valence-electron chi connectivity index (χ3n) is 4.07. The molecule has 0 aliphatic carbocycles. The highest BCUT2D eigenvalue weighted by atomic mass is 16.2. The third kappa shape index (κ3) is 2.28. The van der Waals surface area contributed by atoms with Crippen LogP contribution in [0, 0.1) is 0 Å². The molecular formula is C18H14N4O2. The van der Waals surface area contributed by atoms with Crippen molar-refractivity contribution in [2.45, 2.75) is 13.3 Å². The van der Waals surface area contributed by atoms with E-state index in [-0.39, 0.29) is 18.1 Å². The van der Waals surface area contributed by atoms with Crippen molar-refractivity contribution in [1.82, 2.24) is 10.2 Å². The first kappa shape index (κ1) is 14.3. The molecule has 0 fully saturated rings. The number of carbonyl (C=O) groups excluding carboxylic acids is 2. The fraction of sp³-hybridized carbons (Fsp3) is 0.111. The number of fused-ring (bicyclic) bond motifs is 1. The van der Waals surface area contributed by atoms with Crippen LogP contribution in [-0.2, 0) is 9.59 Å². The second kappa shape index (κ2) is 5.42. The molecule has 1 aromatic heterocycles. The van der Waals surface area contributed by atoms with E-state index in [9.17, 15) is 9.59 Å². The lowest BCUT2D eigenvalue weighted by atomic mass is 10.0. The number of carbonyl (C=O) groups is 2. The minimum Gasteiger partial charge on any atom is -0.293 e. The molecule has 24 heavy (non-hydrogen) atoms. The monoisotopic (exact) mass is 318 g/mol. The smallest absolute Gasteiger partial charge is 0.253 e. The van der Waals surface area contributed by atoms with E-state index in [0.29, 0.717) is 11.4 Å². The highest BCUT2D eigenvalue weighted by Gasteiger charge is 2.29. The van der Waals surface area contributed by atoms with Crippen molar-refractivity contribution in [3.63, 3.8) is 0 Å². The van der Waals surface area contributed by atoms with Gasteiger partial charge in [0.1, 0.15) is 5.71 Å². The molecule has 3 aromatic rings. The summed E-state index contributed by atoms with van der Waals surface area (Å²) in [6.45, 7) is 1.42. The van der Waals surface area contributed by atoms with Crippen LogP contribution < -0.4 is 5.01 Å². The number of hydrogen-bond donors (Lipinski definition) is 1. The average Bonchev–Trinajstić information content (AvgIpc) is 3.20. The summed E-state index contributed by atoms with van der Waals surface area (Å²) < 4.78 is 0. The van der Waals surface area contributed by atoms with E-state index in [0.717, 1.165) is 22.0 Å². The highest BCUT2D eigenvalue weighted by molar-refractivity contribution is 6.44. The van der Waals surface area contributed by atoms with Crippen molar-refractivity contribution in [3.8, 4) is 11.1 Å². The van der Waals surface area contributed by atoms with E-state index in [1.807, 2.05) is 42.5 Å². The van der Waals surface area contributed by atoms with Gasteiger partial charge < -0.3 is 0 Å². The Kier molecular flexibility index (Phi) is 3.23. The topological polar surface area (TPSA) is 78.4 Å². The van der Waals surface area contributed by atoms with E-state index >= 15 is 0 Å². The van der Waals surface area contributed by atoms with Crippen molar-refractivity contribution in [1.29, 1.82) is 0 Å². The Labute approximate surface area is 137 Å². The van der Waals surface area contributed by atoms with Crippen molar-refractivity contribution in [2.24, 2.45) is 5.10 Å². The van der Waals surface area contributed by atoms with Crippen molar-refractivity contribution in [2.75, 3.05) is 5.01 Å². The van der Waals surface area contributed by atoms with Gasteiger partial charge >= 0.3 is 0 Å². The summed E-state index contributed by atoms with van der Waals surface area (Å²) >= 11 is 0. The molecule has 0 unspecified atom stereocenters. The summed E-state index contributed by atoms with van der Waals surface area (Å²) in [5, 5.41) is 13.5. The standard InChI is InChI=1S/C18H14N4O2/c1-11(23)16-9-18(24)22(21-16)17-5-3-2-4-14(17)12-6-7-15-13(8-12)10-19-20-15/h2-8,10H,9H2,1H3,(H,19,20). The molecule has 4 rings (SSSR count). The SMILES string of the molecule is CC(=O)C1=NN(c2ccccc2-c2ccc3[nH]ncc3c2)C(=O)C1. The maximum absolute atomic E-state index is 12.3. The van der Waals surface area contributed by atoms with E-state index in [1.165, 1.54) is 11.9 Å². The molecule has 2 aromatic carbocycles. The van der Waals surface area contributed by atoms with Gasteiger partial charge in [-0.1, -0.05) is 24.3 Å². The molecule has 6 nitrogen and oxygen atoms in total.